The summed E-state index contributed by atoms with van der Waals surface area (Å²) >= 11 is 0. The van der Waals surface area contributed by atoms with Gasteiger partial charge in [0.2, 0.25) is 5.95 Å². The molecule has 0 radical (unpaired) electrons. The summed E-state index contributed by atoms with van der Waals surface area (Å²) < 4.78 is 0. The van der Waals surface area contributed by atoms with Crippen molar-refractivity contribution in [2.75, 3.05) is 35.6 Å². The average molecular weight is 357 g/mol. The third kappa shape index (κ3) is 5.33. The van der Waals surface area contributed by atoms with Gasteiger partial charge in [-0.1, -0.05) is 20.8 Å². The molecule has 0 fully saturated rings. The van der Waals surface area contributed by atoms with Crippen molar-refractivity contribution in [3.63, 3.8) is 0 Å². The van der Waals surface area contributed by atoms with Crippen LogP contribution in [0.5, 0.6) is 0 Å². The summed E-state index contributed by atoms with van der Waals surface area (Å²) in [6.07, 6.45) is 4.07. The van der Waals surface area contributed by atoms with Crippen molar-refractivity contribution >= 4 is 23.1 Å². The van der Waals surface area contributed by atoms with Crippen LogP contribution in [0.1, 0.15) is 44.7 Å². The van der Waals surface area contributed by atoms with Crippen LogP contribution in [0.25, 0.3) is 0 Å². The van der Waals surface area contributed by atoms with E-state index in [4.69, 9.17) is 5.73 Å². The molecule has 0 amide bonds. The van der Waals surface area contributed by atoms with Crippen LogP contribution < -0.4 is 21.3 Å². The van der Waals surface area contributed by atoms with Crippen molar-refractivity contribution in [3.05, 3.63) is 35.5 Å². The Bertz CT molecular complexity index is 695. The first-order valence-corrected chi connectivity index (χ1v) is 9.53. The average Bonchev–Trinajstić information content (AvgIpc) is 2.62. The predicted octanol–water partition coefficient (Wildman–Crippen LogP) is 3.85. The molecule has 1 aromatic heterocycles. The van der Waals surface area contributed by atoms with E-state index in [0.29, 0.717) is 18.3 Å². The van der Waals surface area contributed by atoms with Gasteiger partial charge in [0, 0.05) is 42.8 Å². The Balaban J connectivity index is 2.13. The Hall–Kier alpha value is -2.34. The van der Waals surface area contributed by atoms with Crippen molar-refractivity contribution in [2.24, 2.45) is 0 Å². The molecule has 4 N–H and O–H groups in total. The van der Waals surface area contributed by atoms with Gasteiger partial charge < -0.3 is 21.3 Å². The lowest BCUT2D eigenvalue weighted by Gasteiger charge is -2.24. The maximum Gasteiger partial charge on any atom is 0.229 e. The quantitative estimate of drug-likeness (QED) is 0.600. The monoisotopic (exact) mass is 356 g/mol. The maximum atomic E-state index is 6.05. The van der Waals surface area contributed by atoms with E-state index in [2.05, 4.69) is 71.4 Å². The predicted molar refractivity (Wildman–Crippen MR) is 111 cm³/mol. The highest BCUT2D eigenvalue weighted by Crippen LogP contribution is 2.25. The minimum atomic E-state index is 0.509. The van der Waals surface area contributed by atoms with Gasteiger partial charge in [-0.15, -0.1) is 0 Å². The van der Waals surface area contributed by atoms with Crippen molar-refractivity contribution in [3.8, 4) is 0 Å². The van der Waals surface area contributed by atoms with Crippen LogP contribution >= 0.6 is 0 Å². The second kappa shape index (κ2) is 9.97. The third-order valence-electron chi connectivity index (χ3n) is 4.27. The number of anilines is 4. The number of nitrogens with two attached hydrogens (primary N) is 1. The van der Waals surface area contributed by atoms with Gasteiger partial charge in [0.05, 0.1) is 0 Å². The molecule has 2 aromatic rings. The standard InChI is InChI=1S/C20H32N6/c1-5-10-26(11-6-2)17-8-9-18(15(4)12-17)24-20-23-14-16(13-22-7-3)19(21)25-20/h8-9,12,14,22H,5-7,10-11,13H2,1-4H3,(H3,21,23,24,25). The van der Waals surface area contributed by atoms with E-state index in [9.17, 15) is 0 Å². The zero-order valence-corrected chi connectivity index (χ0v) is 16.5. The molecule has 2 rings (SSSR count). The molecule has 0 atom stereocenters. The Labute approximate surface area is 157 Å². The fourth-order valence-electron chi connectivity index (χ4n) is 2.89. The van der Waals surface area contributed by atoms with Crippen molar-refractivity contribution in [2.45, 2.75) is 47.1 Å². The number of rotatable bonds is 10. The largest absolute Gasteiger partial charge is 0.383 e. The molecular formula is C20H32N6. The summed E-state index contributed by atoms with van der Waals surface area (Å²) in [5.41, 5.74) is 10.4. The topological polar surface area (TPSA) is 79.1 Å². The summed E-state index contributed by atoms with van der Waals surface area (Å²) in [7, 11) is 0. The molecule has 0 aliphatic carbocycles. The van der Waals surface area contributed by atoms with Crippen LogP contribution in [0.3, 0.4) is 0 Å². The Morgan fingerprint density at radius 3 is 2.42 bits per heavy atom. The van der Waals surface area contributed by atoms with Gasteiger partial charge in [-0.05, 0) is 50.1 Å². The molecule has 0 aliphatic rings. The second-order valence-electron chi connectivity index (χ2n) is 6.50. The molecule has 0 spiro atoms. The molecule has 0 saturated carbocycles. The van der Waals surface area contributed by atoms with E-state index in [1.807, 2.05) is 0 Å². The summed E-state index contributed by atoms with van der Waals surface area (Å²) in [4.78, 5) is 11.2. The molecule has 1 heterocycles. The first-order valence-electron chi connectivity index (χ1n) is 9.53. The van der Waals surface area contributed by atoms with Crippen LogP contribution in [0.2, 0.25) is 0 Å². The van der Waals surface area contributed by atoms with Crippen LogP contribution in [0.4, 0.5) is 23.1 Å². The summed E-state index contributed by atoms with van der Waals surface area (Å²) in [5.74, 6) is 1.03. The van der Waals surface area contributed by atoms with E-state index in [-0.39, 0.29) is 0 Å². The number of aromatic nitrogens is 2. The number of benzene rings is 1. The fourth-order valence-corrected chi connectivity index (χ4v) is 2.89. The lowest BCUT2D eigenvalue weighted by molar-refractivity contribution is 0.723. The van der Waals surface area contributed by atoms with Crippen LogP contribution in [0, 0.1) is 6.92 Å². The smallest absolute Gasteiger partial charge is 0.229 e. The van der Waals surface area contributed by atoms with Gasteiger partial charge >= 0.3 is 0 Å². The normalized spacial score (nSPS) is 10.8. The molecule has 0 unspecified atom stereocenters. The van der Waals surface area contributed by atoms with E-state index in [1.165, 1.54) is 11.3 Å². The third-order valence-corrected chi connectivity index (χ3v) is 4.27. The van der Waals surface area contributed by atoms with Gasteiger partial charge in [-0.25, -0.2) is 4.98 Å². The van der Waals surface area contributed by atoms with Gasteiger partial charge in [-0.3, -0.25) is 0 Å². The molecule has 0 bridgehead atoms. The molecule has 0 saturated heterocycles. The molecule has 0 aliphatic heterocycles. The Morgan fingerprint density at radius 2 is 1.85 bits per heavy atom. The summed E-state index contributed by atoms with van der Waals surface area (Å²) in [6, 6.07) is 6.47. The van der Waals surface area contributed by atoms with E-state index < -0.39 is 0 Å². The van der Waals surface area contributed by atoms with Crippen molar-refractivity contribution < 1.29 is 0 Å². The van der Waals surface area contributed by atoms with Gasteiger partial charge in [0.1, 0.15) is 5.82 Å². The van der Waals surface area contributed by atoms with Crippen molar-refractivity contribution in [1.29, 1.82) is 0 Å². The van der Waals surface area contributed by atoms with Gasteiger partial charge in [-0.2, -0.15) is 4.98 Å². The number of nitrogen functional groups attached to an aromatic ring is 1. The number of nitrogens with zero attached hydrogens (tertiary/aromatic N) is 3. The molecule has 26 heavy (non-hydrogen) atoms. The van der Waals surface area contributed by atoms with Gasteiger partial charge in [0.25, 0.3) is 0 Å². The molecular weight excluding hydrogens is 324 g/mol. The molecule has 6 nitrogen and oxygen atoms in total. The minimum absolute atomic E-state index is 0.509. The first-order chi connectivity index (χ1) is 12.6. The van der Waals surface area contributed by atoms with E-state index in [0.717, 1.165) is 43.7 Å². The highest BCUT2D eigenvalue weighted by molar-refractivity contribution is 5.64. The number of aryl methyl sites for hydroxylation is 1. The maximum absolute atomic E-state index is 6.05. The number of nitrogens with one attached hydrogen (secondary N) is 2. The Morgan fingerprint density at radius 1 is 1.12 bits per heavy atom. The second-order valence-corrected chi connectivity index (χ2v) is 6.50. The minimum Gasteiger partial charge on any atom is -0.383 e. The van der Waals surface area contributed by atoms with Crippen LogP contribution in [0.15, 0.2) is 24.4 Å². The zero-order valence-electron chi connectivity index (χ0n) is 16.5. The van der Waals surface area contributed by atoms with Crippen LogP contribution in [-0.4, -0.2) is 29.6 Å². The van der Waals surface area contributed by atoms with Gasteiger partial charge in [0.15, 0.2) is 0 Å². The lowest BCUT2D eigenvalue weighted by Crippen LogP contribution is -2.24. The van der Waals surface area contributed by atoms with E-state index >= 15 is 0 Å². The molecule has 6 heteroatoms. The molecule has 142 valence electrons. The van der Waals surface area contributed by atoms with E-state index in [1.54, 1.807) is 6.20 Å². The summed E-state index contributed by atoms with van der Waals surface area (Å²) in [5, 5.41) is 6.52. The SMILES string of the molecule is CCCN(CCC)c1ccc(Nc2ncc(CNCC)c(N)n2)c(C)c1. The number of hydrogen-bond acceptors (Lipinski definition) is 6. The highest BCUT2D eigenvalue weighted by Gasteiger charge is 2.09. The summed E-state index contributed by atoms with van der Waals surface area (Å²) in [6.45, 7) is 12.3. The first kappa shape index (κ1) is 20.0. The lowest BCUT2D eigenvalue weighted by atomic mass is 10.1. The zero-order chi connectivity index (χ0) is 18.9. The number of hydrogen-bond donors (Lipinski definition) is 3. The van der Waals surface area contributed by atoms with Crippen molar-refractivity contribution in [1.82, 2.24) is 15.3 Å². The van der Waals surface area contributed by atoms with Crippen LogP contribution in [-0.2, 0) is 6.54 Å². The Kier molecular flexibility index (Phi) is 7.66. The highest BCUT2D eigenvalue weighted by atomic mass is 15.1. The fraction of sp³-hybridized carbons (Fsp3) is 0.500. The molecule has 1 aromatic carbocycles.